The van der Waals surface area contributed by atoms with Gasteiger partial charge in [-0.1, -0.05) is 48.0 Å². The number of aryl methyl sites for hydroxylation is 1. The third-order valence-electron chi connectivity index (χ3n) is 5.85. The number of ketones is 1. The van der Waals surface area contributed by atoms with Gasteiger partial charge in [-0.15, -0.1) is 6.58 Å². The second kappa shape index (κ2) is 10.2. The minimum atomic E-state index is -3.95. The molecular weight excluding hydrogens is 489 g/mol. The van der Waals surface area contributed by atoms with Gasteiger partial charge < -0.3 is 4.74 Å². The summed E-state index contributed by atoms with van der Waals surface area (Å²) in [6, 6.07) is 16.2. The van der Waals surface area contributed by atoms with Crippen molar-refractivity contribution in [3.05, 3.63) is 89.7 Å². The highest BCUT2D eigenvalue weighted by Gasteiger charge is 2.35. The maximum Gasteiger partial charge on any atom is 0.264 e. The Labute approximate surface area is 209 Å². The van der Waals surface area contributed by atoms with E-state index in [0.29, 0.717) is 29.0 Å². The lowest BCUT2D eigenvalue weighted by Crippen LogP contribution is -2.43. The van der Waals surface area contributed by atoms with E-state index in [9.17, 15) is 17.6 Å². The number of rotatable bonds is 8. The Kier molecular flexibility index (Phi) is 7.28. The van der Waals surface area contributed by atoms with Gasteiger partial charge in [0.2, 0.25) is 0 Å². The number of nitrogens with zero attached hydrogens (tertiary/aromatic N) is 1. The lowest BCUT2D eigenvalue weighted by atomic mass is 10.0. The van der Waals surface area contributed by atoms with Gasteiger partial charge in [-0.2, -0.15) is 0 Å². The number of halogens is 2. The molecule has 35 heavy (non-hydrogen) atoms. The van der Waals surface area contributed by atoms with E-state index in [-0.39, 0.29) is 35.1 Å². The first-order valence-corrected chi connectivity index (χ1v) is 13.0. The summed E-state index contributed by atoms with van der Waals surface area (Å²) < 4.78 is 49.0. The normalized spacial score (nSPS) is 15.3. The molecular formula is C27H25ClFNO4S. The Morgan fingerprint density at radius 2 is 1.97 bits per heavy atom. The average Bonchev–Trinajstić information content (AvgIpc) is 2.84. The number of benzene rings is 3. The Morgan fingerprint density at radius 1 is 1.20 bits per heavy atom. The number of ether oxygens (including phenoxy) is 1. The molecule has 0 N–H and O–H groups in total. The summed E-state index contributed by atoms with van der Waals surface area (Å²) in [6.45, 7) is 5.44. The first-order valence-electron chi connectivity index (χ1n) is 11.2. The van der Waals surface area contributed by atoms with Gasteiger partial charge in [0, 0.05) is 18.4 Å². The molecule has 3 aromatic rings. The van der Waals surface area contributed by atoms with Crippen LogP contribution in [0.2, 0.25) is 5.02 Å². The maximum absolute atomic E-state index is 14.1. The number of hydrogen-bond acceptors (Lipinski definition) is 4. The summed E-state index contributed by atoms with van der Waals surface area (Å²) >= 11 is 6.19. The van der Waals surface area contributed by atoms with E-state index >= 15 is 0 Å². The summed E-state index contributed by atoms with van der Waals surface area (Å²) in [5.41, 5.74) is 2.14. The molecule has 5 nitrogen and oxygen atoms in total. The summed E-state index contributed by atoms with van der Waals surface area (Å²) in [4.78, 5) is 12.2. The standard InChI is InChI=1S/C27H25ClFNO4S/c1-3-6-20(31)12-13-21-17-30(35(32,33)22-8-4-7-18(2)15-22)25-16-19(11-14-26(25)34-21)23-9-5-10-24(29)27(23)28/h3-5,7-11,14-16,21H,1,6,12-13,17H2,2H3/t21-/m0/s1. The predicted molar refractivity (Wildman–Crippen MR) is 136 cm³/mol. The molecule has 0 saturated heterocycles. The highest BCUT2D eigenvalue weighted by atomic mass is 35.5. The molecule has 8 heteroatoms. The van der Waals surface area contributed by atoms with E-state index in [4.69, 9.17) is 16.3 Å². The fourth-order valence-electron chi connectivity index (χ4n) is 4.07. The third kappa shape index (κ3) is 5.26. The largest absolute Gasteiger partial charge is 0.486 e. The molecule has 3 aromatic carbocycles. The van der Waals surface area contributed by atoms with Crippen LogP contribution in [0.15, 0.2) is 78.2 Å². The van der Waals surface area contributed by atoms with Crippen LogP contribution in [-0.2, 0) is 14.8 Å². The first-order chi connectivity index (χ1) is 16.7. The molecule has 0 fully saturated rings. The average molecular weight is 514 g/mol. The highest BCUT2D eigenvalue weighted by molar-refractivity contribution is 7.92. The monoisotopic (exact) mass is 513 g/mol. The van der Waals surface area contributed by atoms with Crippen LogP contribution in [0.25, 0.3) is 11.1 Å². The van der Waals surface area contributed by atoms with Gasteiger partial charge in [-0.25, -0.2) is 12.8 Å². The molecule has 0 unspecified atom stereocenters. The second-order valence-corrected chi connectivity index (χ2v) is 10.7. The number of fused-ring (bicyclic) bond motifs is 1. The van der Waals surface area contributed by atoms with Gasteiger partial charge in [0.1, 0.15) is 23.5 Å². The van der Waals surface area contributed by atoms with Crippen LogP contribution < -0.4 is 9.04 Å². The minimum Gasteiger partial charge on any atom is -0.486 e. The number of carbonyl (C=O) groups excluding carboxylic acids is 1. The lowest BCUT2D eigenvalue weighted by molar-refractivity contribution is -0.118. The Balaban J connectivity index is 1.77. The van der Waals surface area contributed by atoms with Gasteiger partial charge in [-0.3, -0.25) is 9.10 Å². The molecule has 1 aliphatic rings. The number of anilines is 1. The fraction of sp³-hybridized carbons (Fsp3) is 0.222. The SMILES string of the molecule is C=CCC(=O)CC[C@H]1CN(S(=O)(=O)c2cccc(C)c2)c2cc(-c3cccc(F)c3Cl)ccc2O1. The number of Topliss-reactive ketones (excluding diaryl/α,β-unsaturated/α-hetero) is 1. The Hall–Kier alpha value is -3.16. The van der Waals surface area contributed by atoms with Gasteiger partial charge in [0.15, 0.2) is 0 Å². The first kappa shape index (κ1) is 24.9. The zero-order valence-electron chi connectivity index (χ0n) is 19.2. The number of sulfonamides is 1. The summed E-state index contributed by atoms with van der Waals surface area (Å²) in [7, 11) is -3.95. The topological polar surface area (TPSA) is 63.7 Å². The summed E-state index contributed by atoms with van der Waals surface area (Å²) in [5.74, 6) is -0.185. The smallest absolute Gasteiger partial charge is 0.264 e. The van der Waals surface area contributed by atoms with E-state index in [1.165, 1.54) is 10.4 Å². The van der Waals surface area contributed by atoms with Crippen molar-refractivity contribution in [2.24, 2.45) is 0 Å². The molecule has 0 radical (unpaired) electrons. The number of allylic oxidation sites excluding steroid dienone is 1. The number of hydrogen-bond donors (Lipinski definition) is 0. The van der Waals surface area contributed by atoms with E-state index in [1.807, 2.05) is 13.0 Å². The molecule has 1 heterocycles. The van der Waals surface area contributed by atoms with Crippen molar-refractivity contribution in [3.8, 4) is 16.9 Å². The zero-order valence-corrected chi connectivity index (χ0v) is 20.8. The molecule has 0 aliphatic carbocycles. The van der Waals surface area contributed by atoms with Gasteiger partial charge in [0.05, 0.1) is 22.2 Å². The van der Waals surface area contributed by atoms with Crippen LogP contribution in [0, 0.1) is 12.7 Å². The van der Waals surface area contributed by atoms with Crippen molar-refractivity contribution in [1.82, 2.24) is 0 Å². The molecule has 4 rings (SSSR count). The van der Waals surface area contributed by atoms with Crippen LogP contribution in [0.5, 0.6) is 5.75 Å². The van der Waals surface area contributed by atoms with Crippen LogP contribution >= 0.6 is 11.6 Å². The van der Waals surface area contributed by atoms with Crippen molar-refractivity contribution in [3.63, 3.8) is 0 Å². The second-order valence-electron chi connectivity index (χ2n) is 8.45. The van der Waals surface area contributed by atoms with Crippen LogP contribution in [0.4, 0.5) is 10.1 Å². The molecule has 1 aliphatic heterocycles. The Bertz CT molecular complexity index is 1390. The minimum absolute atomic E-state index is 0.0126. The van der Waals surface area contributed by atoms with Crippen molar-refractivity contribution in [1.29, 1.82) is 0 Å². The van der Waals surface area contributed by atoms with Crippen molar-refractivity contribution in [2.75, 3.05) is 10.8 Å². The van der Waals surface area contributed by atoms with Gasteiger partial charge in [0.25, 0.3) is 10.0 Å². The molecule has 0 aromatic heterocycles. The molecule has 1 atom stereocenters. The predicted octanol–water partition coefficient (Wildman–Crippen LogP) is 6.34. The highest BCUT2D eigenvalue weighted by Crippen LogP contribution is 2.42. The van der Waals surface area contributed by atoms with E-state index in [1.54, 1.807) is 54.6 Å². The van der Waals surface area contributed by atoms with Crippen LogP contribution in [0.3, 0.4) is 0 Å². The quantitative estimate of drug-likeness (QED) is 0.330. The molecule has 0 saturated carbocycles. The van der Waals surface area contributed by atoms with Crippen molar-refractivity contribution < 1.29 is 22.3 Å². The molecule has 0 amide bonds. The molecule has 0 spiro atoms. The van der Waals surface area contributed by atoms with Gasteiger partial charge in [-0.05, 0) is 54.8 Å². The van der Waals surface area contributed by atoms with Gasteiger partial charge >= 0.3 is 0 Å². The molecule has 182 valence electrons. The van der Waals surface area contributed by atoms with Crippen LogP contribution in [-0.4, -0.2) is 26.8 Å². The summed E-state index contributed by atoms with van der Waals surface area (Å²) in [5, 5.41) is -0.0455. The summed E-state index contributed by atoms with van der Waals surface area (Å²) in [6.07, 6.45) is 1.91. The van der Waals surface area contributed by atoms with E-state index < -0.39 is 21.9 Å². The van der Waals surface area contributed by atoms with Crippen molar-refractivity contribution >= 4 is 33.1 Å². The van der Waals surface area contributed by atoms with E-state index in [2.05, 4.69) is 6.58 Å². The maximum atomic E-state index is 14.1. The lowest BCUT2D eigenvalue weighted by Gasteiger charge is -2.36. The van der Waals surface area contributed by atoms with Crippen molar-refractivity contribution in [2.45, 2.75) is 37.2 Å². The number of carbonyl (C=O) groups is 1. The van der Waals surface area contributed by atoms with Crippen LogP contribution in [0.1, 0.15) is 24.8 Å². The fourth-order valence-corrected chi connectivity index (χ4v) is 5.91. The van der Waals surface area contributed by atoms with E-state index in [0.717, 1.165) is 5.56 Å². The molecule has 0 bridgehead atoms. The zero-order chi connectivity index (χ0) is 25.2. The third-order valence-corrected chi connectivity index (χ3v) is 8.01. The Morgan fingerprint density at radius 3 is 2.71 bits per heavy atom.